The first-order chi connectivity index (χ1) is 9.90. The van der Waals surface area contributed by atoms with Crippen molar-refractivity contribution in [1.82, 2.24) is 4.90 Å². The number of hydrogen-bond donors (Lipinski definition) is 0. The van der Waals surface area contributed by atoms with Gasteiger partial charge in [-0.3, -0.25) is 9.69 Å². The Morgan fingerprint density at radius 3 is 2.38 bits per heavy atom. The van der Waals surface area contributed by atoms with Gasteiger partial charge in [0.05, 0.1) is 6.54 Å². The lowest BCUT2D eigenvalue weighted by molar-refractivity contribution is 0.0924. The molecule has 0 fully saturated rings. The molecule has 1 aromatic carbocycles. The van der Waals surface area contributed by atoms with E-state index in [1.807, 2.05) is 20.9 Å². The van der Waals surface area contributed by atoms with Crippen LogP contribution >= 0.6 is 11.3 Å². The molecule has 1 aromatic heterocycles. The van der Waals surface area contributed by atoms with E-state index in [0.717, 1.165) is 16.7 Å². The highest BCUT2D eigenvalue weighted by Gasteiger charge is 2.19. The third-order valence-electron chi connectivity index (χ3n) is 3.96. The van der Waals surface area contributed by atoms with Crippen LogP contribution in [0.4, 0.5) is 0 Å². The lowest BCUT2D eigenvalue weighted by Crippen LogP contribution is -2.29. The number of thiophene rings is 1. The number of ketones is 1. The van der Waals surface area contributed by atoms with Crippen LogP contribution in [0.15, 0.2) is 29.6 Å². The summed E-state index contributed by atoms with van der Waals surface area (Å²) in [4.78, 5) is 16.1. The summed E-state index contributed by atoms with van der Waals surface area (Å²) in [6, 6.07) is 8.62. The number of carbonyl (C=O) groups is 1. The Morgan fingerprint density at radius 1 is 1.24 bits per heavy atom. The van der Waals surface area contributed by atoms with Crippen LogP contribution in [0.25, 0.3) is 0 Å². The summed E-state index contributed by atoms with van der Waals surface area (Å²) >= 11 is 1.74. The van der Waals surface area contributed by atoms with Crippen LogP contribution in [0.1, 0.15) is 44.9 Å². The normalized spacial score (nSPS) is 12.7. The molecule has 0 radical (unpaired) electrons. The van der Waals surface area contributed by atoms with Crippen LogP contribution < -0.4 is 0 Å². The first-order valence-corrected chi connectivity index (χ1v) is 8.12. The minimum atomic E-state index is 0.205. The second-order valence-corrected chi connectivity index (χ2v) is 6.78. The molecule has 21 heavy (non-hydrogen) atoms. The van der Waals surface area contributed by atoms with E-state index in [-0.39, 0.29) is 11.8 Å². The summed E-state index contributed by atoms with van der Waals surface area (Å²) < 4.78 is 0. The Labute approximate surface area is 131 Å². The summed E-state index contributed by atoms with van der Waals surface area (Å²) in [5.41, 5.74) is 4.25. The van der Waals surface area contributed by atoms with Gasteiger partial charge >= 0.3 is 0 Å². The van der Waals surface area contributed by atoms with E-state index in [1.165, 1.54) is 10.4 Å². The molecule has 0 aliphatic rings. The lowest BCUT2D eigenvalue weighted by atomic mass is 9.96. The molecule has 0 N–H and O–H groups in total. The second-order valence-electron chi connectivity index (χ2n) is 5.80. The maximum absolute atomic E-state index is 12.6. The zero-order chi connectivity index (χ0) is 15.6. The van der Waals surface area contributed by atoms with Crippen LogP contribution in [-0.4, -0.2) is 24.3 Å². The number of likely N-dealkylation sites (N-methyl/N-ethyl adjacent to an activating group) is 1. The lowest BCUT2D eigenvalue weighted by Gasteiger charge is -2.23. The van der Waals surface area contributed by atoms with E-state index in [0.29, 0.717) is 6.54 Å². The van der Waals surface area contributed by atoms with E-state index in [4.69, 9.17) is 0 Å². The van der Waals surface area contributed by atoms with Crippen LogP contribution in [-0.2, 0) is 0 Å². The standard InChI is InChI=1S/C18H23NOS/c1-12-9-13(2)18(14(3)10-12)16(20)11-19(5)15(4)17-7-6-8-21-17/h6-10,15H,11H2,1-5H3. The number of Topliss-reactive ketones (excluding diaryl/α,β-unsaturated/α-hetero) is 1. The van der Waals surface area contributed by atoms with Gasteiger partial charge in [0.15, 0.2) is 5.78 Å². The molecule has 1 heterocycles. The zero-order valence-electron chi connectivity index (χ0n) is 13.4. The van der Waals surface area contributed by atoms with Gasteiger partial charge in [-0.25, -0.2) is 0 Å². The quantitative estimate of drug-likeness (QED) is 0.755. The topological polar surface area (TPSA) is 20.3 Å². The third kappa shape index (κ3) is 3.60. The van der Waals surface area contributed by atoms with Gasteiger partial charge < -0.3 is 0 Å². The molecule has 2 aromatic rings. The highest BCUT2D eigenvalue weighted by atomic mass is 32.1. The monoisotopic (exact) mass is 301 g/mol. The third-order valence-corrected chi connectivity index (χ3v) is 5.01. The number of hydrogen-bond acceptors (Lipinski definition) is 3. The van der Waals surface area contributed by atoms with E-state index in [1.54, 1.807) is 11.3 Å². The Hall–Kier alpha value is -1.45. The molecular weight excluding hydrogens is 278 g/mol. The summed E-state index contributed by atoms with van der Waals surface area (Å²) in [6.07, 6.45) is 0. The molecule has 3 heteroatoms. The van der Waals surface area contributed by atoms with Gasteiger partial charge in [-0.2, -0.15) is 0 Å². The SMILES string of the molecule is Cc1cc(C)c(C(=O)CN(C)C(C)c2cccs2)c(C)c1. The van der Waals surface area contributed by atoms with Gasteiger partial charge in [0.1, 0.15) is 0 Å². The van der Waals surface area contributed by atoms with Crippen LogP contribution in [0.2, 0.25) is 0 Å². The van der Waals surface area contributed by atoms with Gasteiger partial charge in [-0.05, 0) is 57.3 Å². The largest absolute Gasteiger partial charge is 0.293 e. The number of aryl methyl sites for hydroxylation is 3. The van der Waals surface area contributed by atoms with Crippen molar-refractivity contribution in [3.63, 3.8) is 0 Å². The number of benzene rings is 1. The first-order valence-electron chi connectivity index (χ1n) is 7.25. The van der Waals surface area contributed by atoms with Crippen molar-refractivity contribution in [3.8, 4) is 0 Å². The number of nitrogens with zero attached hydrogens (tertiary/aromatic N) is 1. The maximum atomic E-state index is 12.6. The molecule has 0 saturated carbocycles. The van der Waals surface area contributed by atoms with Gasteiger partial charge in [-0.1, -0.05) is 23.8 Å². The summed E-state index contributed by atoms with van der Waals surface area (Å²) in [7, 11) is 2.02. The van der Waals surface area contributed by atoms with Gasteiger partial charge in [0.25, 0.3) is 0 Å². The molecule has 0 aliphatic carbocycles. The summed E-state index contributed by atoms with van der Waals surface area (Å²) in [6.45, 7) is 8.71. The molecule has 112 valence electrons. The fourth-order valence-electron chi connectivity index (χ4n) is 2.81. The minimum Gasteiger partial charge on any atom is -0.293 e. The molecule has 0 aliphatic heterocycles. The van der Waals surface area contributed by atoms with Crippen molar-refractivity contribution >= 4 is 17.1 Å². The van der Waals surface area contributed by atoms with Gasteiger partial charge in [0.2, 0.25) is 0 Å². The summed E-state index contributed by atoms with van der Waals surface area (Å²) in [5, 5.41) is 2.08. The van der Waals surface area contributed by atoms with Crippen LogP contribution in [0.3, 0.4) is 0 Å². The fourth-order valence-corrected chi connectivity index (χ4v) is 3.66. The highest BCUT2D eigenvalue weighted by Crippen LogP contribution is 2.24. The molecule has 1 unspecified atom stereocenters. The smallest absolute Gasteiger partial charge is 0.177 e. The average molecular weight is 301 g/mol. The fraction of sp³-hybridized carbons (Fsp3) is 0.389. The molecule has 2 rings (SSSR count). The molecule has 0 amide bonds. The highest BCUT2D eigenvalue weighted by molar-refractivity contribution is 7.10. The maximum Gasteiger partial charge on any atom is 0.177 e. The van der Waals surface area contributed by atoms with Crippen molar-refractivity contribution in [2.24, 2.45) is 0 Å². The zero-order valence-corrected chi connectivity index (χ0v) is 14.3. The van der Waals surface area contributed by atoms with Gasteiger partial charge in [-0.15, -0.1) is 11.3 Å². The predicted octanol–water partition coefficient (Wildman–Crippen LogP) is 4.55. The van der Waals surface area contributed by atoms with Crippen molar-refractivity contribution in [2.75, 3.05) is 13.6 Å². The number of carbonyl (C=O) groups excluding carboxylic acids is 1. The Morgan fingerprint density at radius 2 is 1.86 bits per heavy atom. The Bertz CT molecular complexity index is 608. The molecule has 1 atom stereocenters. The van der Waals surface area contributed by atoms with Crippen molar-refractivity contribution in [2.45, 2.75) is 33.7 Å². The van der Waals surface area contributed by atoms with Crippen molar-refractivity contribution in [3.05, 3.63) is 56.8 Å². The average Bonchev–Trinajstić information content (AvgIpc) is 2.89. The molecule has 0 spiro atoms. The van der Waals surface area contributed by atoms with Gasteiger partial charge in [0, 0.05) is 16.5 Å². The Balaban J connectivity index is 2.15. The Kier molecular flexibility index (Phi) is 4.96. The molecular formula is C18H23NOS. The predicted molar refractivity (Wildman–Crippen MR) is 90.3 cm³/mol. The molecule has 0 saturated heterocycles. The minimum absolute atomic E-state index is 0.205. The summed E-state index contributed by atoms with van der Waals surface area (Å²) in [5.74, 6) is 0.205. The van der Waals surface area contributed by atoms with Crippen molar-refractivity contribution in [1.29, 1.82) is 0 Å². The van der Waals surface area contributed by atoms with E-state index >= 15 is 0 Å². The van der Waals surface area contributed by atoms with Crippen molar-refractivity contribution < 1.29 is 4.79 Å². The second kappa shape index (κ2) is 6.54. The van der Waals surface area contributed by atoms with E-state index < -0.39 is 0 Å². The first kappa shape index (κ1) is 15.9. The molecule has 2 nitrogen and oxygen atoms in total. The molecule has 0 bridgehead atoms. The van der Waals surface area contributed by atoms with Crippen LogP contribution in [0, 0.1) is 20.8 Å². The van der Waals surface area contributed by atoms with E-state index in [2.05, 4.69) is 48.4 Å². The number of rotatable bonds is 5. The van der Waals surface area contributed by atoms with Crippen LogP contribution in [0.5, 0.6) is 0 Å². The van der Waals surface area contributed by atoms with E-state index in [9.17, 15) is 4.79 Å².